The molecule has 0 unspecified atom stereocenters. The Morgan fingerprint density at radius 3 is 2.61 bits per heavy atom. The van der Waals surface area contributed by atoms with Gasteiger partial charge in [-0.3, -0.25) is 4.79 Å². The highest BCUT2D eigenvalue weighted by molar-refractivity contribution is 7.91. The molecular formula is C9H10FNO5S2. The number of sulfonamides is 1. The number of hydrogen-bond donors (Lipinski definition) is 2. The maximum absolute atomic E-state index is 12.7. The van der Waals surface area contributed by atoms with Crippen molar-refractivity contribution in [1.29, 1.82) is 0 Å². The first-order valence-corrected chi connectivity index (χ1v) is 7.22. The lowest BCUT2D eigenvalue weighted by molar-refractivity contribution is -0.177. The number of carboxylic acid groups (broad SMARTS) is 1. The molecule has 1 saturated heterocycles. The van der Waals surface area contributed by atoms with Gasteiger partial charge in [0.15, 0.2) is 5.13 Å². The minimum absolute atomic E-state index is 0.0380. The van der Waals surface area contributed by atoms with E-state index in [0.717, 1.165) is 12.1 Å². The second-order valence-corrected chi connectivity index (χ2v) is 6.99. The van der Waals surface area contributed by atoms with Crippen LogP contribution in [-0.2, 0) is 19.6 Å². The van der Waals surface area contributed by atoms with Gasteiger partial charge in [0.1, 0.15) is 9.62 Å². The average Bonchev–Trinajstić information content (AvgIpc) is 2.63. The molecule has 2 N–H and O–H groups in total. The number of hydrogen-bond acceptors (Lipinski definition) is 5. The van der Waals surface area contributed by atoms with Crippen molar-refractivity contribution >= 4 is 27.3 Å². The Balaban J connectivity index is 2.08. The molecule has 9 heteroatoms. The van der Waals surface area contributed by atoms with Crippen molar-refractivity contribution in [2.24, 2.45) is 5.41 Å². The van der Waals surface area contributed by atoms with E-state index in [9.17, 15) is 17.6 Å². The first-order valence-electron chi connectivity index (χ1n) is 4.92. The Labute approximate surface area is 106 Å². The number of thiophene rings is 1. The predicted octanol–water partition coefficient (Wildman–Crippen LogP) is 0.267. The van der Waals surface area contributed by atoms with Crippen LogP contribution < -0.4 is 4.72 Å². The summed E-state index contributed by atoms with van der Waals surface area (Å²) < 4.78 is 43.0. The van der Waals surface area contributed by atoms with Gasteiger partial charge in [-0.05, 0) is 12.1 Å². The molecular weight excluding hydrogens is 285 g/mol. The maximum atomic E-state index is 12.7. The molecule has 1 aliphatic rings. The van der Waals surface area contributed by atoms with E-state index >= 15 is 0 Å². The Hall–Kier alpha value is -1.03. The van der Waals surface area contributed by atoms with Crippen LogP contribution in [0.25, 0.3) is 0 Å². The van der Waals surface area contributed by atoms with E-state index in [0.29, 0.717) is 11.3 Å². The highest BCUT2D eigenvalue weighted by atomic mass is 32.2. The van der Waals surface area contributed by atoms with Crippen molar-refractivity contribution in [1.82, 2.24) is 4.72 Å². The van der Waals surface area contributed by atoms with E-state index in [-0.39, 0.29) is 24.0 Å². The third kappa shape index (κ3) is 2.39. The number of ether oxygens (including phenoxy) is 1. The van der Waals surface area contributed by atoms with E-state index < -0.39 is 26.5 Å². The summed E-state index contributed by atoms with van der Waals surface area (Å²) in [5.41, 5.74) is -1.22. The second-order valence-electron chi connectivity index (χ2n) is 3.96. The molecule has 0 saturated carbocycles. The van der Waals surface area contributed by atoms with Gasteiger partial charge in [-0.2, -0.15) is 4.39 Å². The Bertz CT molecular complexity index is 563. The van der Waals surface area contributed by atoms with Gasteiger partial charge in [0.05, 0.1) is 13.2 Å². The van der Waals surface area contributed by atoms with Gasteiger partial charge in [0, 0.05) is 6.54 Å². The topological polar surface area (TPSA) is 92.7 Å². The molecule has 2 rings (SSSR count). The highest BCUT2D eigenvalue weighted by Crippen LogP contribution is 2.28. The largest absolute Gasteiger partial charge is 0.481 e. The molecule has 1 aliphatic heterocycles. The van der Waals surface area contributed by atoms with Crippen molar-refractivity contribution in [3.63, 3.8) is 0 Å². The molecule has 1 aromatic heterocycles. The minimum Gasteiger partial charge on any atom is -0.481 e. The van der Waals surface area contributed by atoms with Gasteiger partial charge < -0.3 is 9.84 Å². The fourth-order valence-electron chi connectivity index (χ4n) is 1.40. The zero-order chi connectivity index (χ0) is 13.4. The summed E-state index contributed by atoms with van der Waals surface area (Å²) in [7, 11) is -3.87. The molecule has 0 atom stereocenters. The number of aliphatic carboxylic acids is 1. The fraction of sp³-hybridized carbons (Fsp3) is 0.444. The van der Waals surface area contributed by atoms with Crippen LogP contribution in [0.2, 0.25) is 0 Å². The van der Waals surface area contributed by atoms with E-state index in [1.807, 2.05) is 0 Å². The molecule has 0 bridgehead atoms. The number of carbonyl (C=O) groups is 1. The molecule has 1 fully saturated rings. The summed E-state index contributed by atoms with van der Waals surface area (Å²) in [6.07, 6.45) is 0. The van der Waals surface area contributed by atoms with Crippen molar-refractivity contribution in [3.05, 3.63) is 17.3 Å². The standard InChI is InChI=1S/C9H10FNO5S2/c10-6-1-2-7(17-6)18(14,15)11-3-9(8(12)13)4-16-5-9/h1-2,11H,3-5H2,(H,12,13). The highest BCUT2D eigenvalue weighted by Gasteiger charge is 2.47. The third-order valence-corrected chi connectivity index (χ3v) is 5.39. The fourth-order valence-corrected chi connectivity index (χ4v) is 3.57. The first kappa shape index (κ1) is 13.4. The zero-order valence-electron chi connectivity index (χ0n) is 9.05. The number of rotatable bonds is 5. The lowest BCUT2D eigenvalue weighted by Crippen LogP contribution is -2.55. The lowest BCUT2D eigenvalue weighted by atomic mass is 9.86. The normalized spacial score (nSPS) is 18.3. The molecule has 6 nitrogen and oxygen atoms in total. The first-order chi connectivity index (χ1) is 8.36. The number of carboxylic acids is 1. The quantitative estimate of drug-likeness (QED) is 0.813. The van der Waals surface area contributed by atoms with Gasteiger partial charge >= 0.3 is 5.97 Å². The van der Waals surface area contributed by atoms with Crippen molar-refractivity contribution in [2.45, 2.75) is 4.21 Å². The zero-order valence-corrected chi connectivity index (χ0v) is 10.7. The Kier molecular flexibility index (Phi) is 3.41. The van der Waals surface area contributed by atoms with E-state index in [2.05, 4.69) is 4.72 Å². The second kappa shape index (κ2) is 4.57. The van der Waals surface area contributed by atoms with Crippen LogP contribution in [0, 0.1) is 10.5 Å². The van der Waals surface area contributed by atoms with Crippen LogP contribution in [-0.4, -0.2) is 39.3 Å². The molecule has 2 heterocycles. The Morgan fingerprint density at radius 2 is 2.22 bits per heavy atom. The van der Waals surface area contributed by atoms with Crippen LogP contribution in [0.4, 0.5) is 4.39 Å². The van der Waals surface area contributed by atoms with Crippen molar-refractivity contribution < 1.29 is 27.4 Å². The van der Waals surface area contributed by atoms with Crippen LogP contribution in [0.1, 0.15) is 0 Å². The smallest absolute Gasteiger partial charge is 0.315 e. The van der Waals surface area contributed by atoms with Gasteiger partial charge in [-0.15, -0.1) is 0 Å². The molecule has 1 aromatic rings. The molecule has 18 heavy (non-hydrogen) atoms. The van der Waals surface area contributed by atoms with Crippen molar-refractivity contribution in [2.75, 3.05) is 19.8 Å². The summed E-state index contributed by atoms with van der Waals surface area (Å²) in [5, 5.41) is 8.37. The van der Waals surface area contributed by atoms with Crippen LogP contribution in [0.15, 0.2) is 16.3 Å². The van der Waals surface area contributed by atoms with Crippen molar-refractivity contribution in [3.8, 4) is 0 Å². The summed E-state index contributed by atoms with van der Waals surface area (Å²) in [6.45, 7) is -0.350. The molecule has 0 spiro atoms. The number of nitrogens with one attached hydrogen (secondary N) is 1. The van der Waals surface area contributed by atoms with E-state index in [4.69, 9.17) is 9.84 Å². The lowest BCUT2D eigenvalue weighted by Gasteiger charge is -2.37. The van der Waals surface area contributed by atoms with Gasteiger partial charge in [-0.1, -0.05) is 11.3 Å². The molecule has 0 aliphatic carbocycles. The van der Waals surface area contributed by atoms with Gasteiger partial charge in [-0.25, -0.2) is 13.1 Å². The predicted molar refractivity (Wildman–Crippen MR) is 60.4 cm³/mol. The van der Waals surface area contributed by atoms with Gasteiger partial charge in [0.25, 0.3) is 0 Å². The maximum Gasteiger partial charge on any atom is 0.315 e. The monoisotopic (exact) mass is 295 g/mol. The summed E-state index contributed by atoms with van der Waals surface area (Å²) in [5.74, 6) is -1.12. The molecule has 0 aromatic carbocycles. The minimum atomic E-state index is -3.87. The molecule has 100 valence electrons. The third-order valence-electron chi connectivity index (χ3n) is 2.62. The summed E-state index contributed by atoms with van der Waals surface area (Å²) >= 11 is 0.483. The molecule has 0 radical (unpaired) electrons. The van der Waals surface area contributed by atoms with E-state index in [1.165, 1.54) is 0 Å². The van der Waals surface area contributed by atoms with E-state index in [1.54, 1.807) is 0 Å². The van der Waals surface area contributed by atoms with Gasteiger partial charge in [0.2, 0.25) is 10.0 Å². The van der Waals surface area contributed by atoms with Crippen LogP contribution >= 0.6 is 11.3 Å². The Morgan fingerprint density at radius 1 is 1.56 bits per heavy atom. The average molecular weight is 295 g/mol. The number of halogens is 1. The van der Waals surface area contributed by atoms with Crippen LogP contribution in [0.5, 0.6) is 0 Å². The van der Waals surface area contributed by atoms with Crippen LogP contribution in [0.3, 0.4) is 0 Å². The summed E-state index contributed by atoms with van der Waals surface area (Å²) in [4.78, 5) is 11.0. The molecule has 0 amide bonds. The summed E-state index contributed by atoms with van der Waals surface area (Å²) in [6, 6.07) is 2.17. The SMILES string of the molecule is O=C(O)C1(CNS(=O)(=O)c2ccc(F)s2)COC1.